The third-order valence-corrected chi connectivity index (χ3v) is 12.2. The zero-order valence-corrected chi connectivity index (χ0v) is 16.9. The number of nitrogens with one attached hydrogen (secondary N) is 1. The van der Waals surface area contributed by atoms with Crippen LogP contribution in [0.1, 0.15) is 31.9 Å². The summed E-state index contributed by atoms with van der Waals surface area (Å²) in [5.41, 5.74) is 1.92. The van der Waals surface area contributed by atoms with Gasteiger partial charge in [0, 0.05) is 6.54 Å². The molecule has 1 aromatic rings. The Bertz CT molecular complexity index is 632. The zero-order chi connectivity index (χ0) is 17.3. The SMILES string of the molecule is Cc1cc(CN(C)C)ccc1S(=O)(=O)N[Si](C)(C)C(C)(C)C. The van der Waals surface area contributed by atoms with Gasteiger partial charge < -0.3 is 4.90 Å². The molecule has 1 N–H and O–H groups in total. The van der Waals surface area contributed by atoms with E-state index in [4.69, 9.17) is 0 Å². The summed E-state index contributed by atoms with van der Waals surface area (Å²) in [7, 11) is -1.61. The summed E-state index contributed by atoms with van der Waals surface area (Å²) in [6.45, 7) is 13.1. The highest BCUT2D eigenvalue weighted by Gasteiger charge is 2.39. The van der Waals surface area contributed by atoms with Crippen molar-refractivity contribution in [1.82, 2.24) is 9.29 Å². The van der Waals surface area contributed by atoms with E-state index in [1.807, 2.05) is 33.2 Å². The van der Waals surface area contributed by atoms with Gasteiger partial charge in [0.05, 0.1) is 4.90 Å². The molecule has 6 heteroatoms. The highest BCUT2D eigenvalue weighted by Crippen LogP contribution is 2.35. The Labute approximate surface area is 137 Å². The van der Waals surface area contributed by atoms with Crippen molar-refractivity contribution < 1.29 is 8.42 Å². The molecule has 0 spiro atoms. The Hall–Kier alpha value is -0.693. The molecule has 0 saturated heterocycles. The minimum absolute atomic E-state index is 0.0428. The fourth-order valence-electron chi connectivity index (χ4n) is 2.02. The van der Waals surface area contributed by atoms with Gasteiger partial charge in [-0.2, -0.15) is 0 Å². The van der Waals surface area contributed by atoms with Crippen molar-refractivity contribution in [2.45, 2.75) is 57.3 Å². The number of hydrogen-bond donors (Lipinski definition) is 1. The molecular formula is C16H30N2O2SSi. The largest absolute Gasteiger partial charge is 0.305 e. The molecule has 4 nitrogen and oxygen atoms in total. The molecule has 0 aliphatic carbocycles. The maximum Gasteiger partial charge on any atom is 0.234 e. The van der Waals surface area contributed by atoms with Crippen molar-refractivity contribution in [2.24, 2.45) is 0 Å². The molecule has 0 amide bonds. The van der Waals surface area contributed by atoms with Crippen LogP contribution in [0.25, 0.3) is 0 Å². The molecule has 0 unspecified atom stereocenters. The second-order valence-corrected chi connectivity index (χ2v) is 14.8. The Morgan fingerprint density at radius 3 is 2.14 bits per heavy atom. The quantitative estimate of drug-likeness (QED) is 0.835. The fourth-order valence-corrected chi connectivity index (χ4v) is 7.10. The van der Waals surface area contributed by atoms with Gasteiger partial charge in [0.25, 0.3) is 0 Å². The number of aryl methyl sites for hydroxylation is 1. The van der Waals surface area contributed by atoms with Gasteiger partial charge in [-0.15, -0.1) is 0 Å². The first kappa shape index (κ1) is 19.4. The third kappa shape index (κ3) is 4.65. The Balaban J connectivity index is 3.14. The molecule has 0 aliphatic heterocycles. The van der Waals surface area contributed by atoms with Crippen molar-refractivity contribution in [3.63, 3.8) is 0 Å². The molecule has 0 aromatic heterocycles. The van der Waals surface area contributed by atoms with Gasteiger partial charge >= 0.3 is 0 Å². The molecule has 0 radical (unpaired) electrons. The molecule has 126 valence electrons. The molecule has 0 fully saturated rings. The number of rotatable bonds is 5. The van der Waals surface area contributed by atoms with Crippen molar-refractivity contribution >= 4 is 18.3 Å². The summed E-state index contributed by atoms with van der Waals surface area (Å²) in [6.07, 6.45) is 0. The molecule has 1 rings (SSSR count). The van der Waals surface area contributed by atoms with E-state index in [2.05, 4.69) is 43.2 Å². The first-order valence-corrected chi connectivity index (χ1v) is 12.0. The lowest BCUT2D eigenvalue weighted by Crippen LogP contribution is -2.54. The van der Waals surface area contributed by atoms with Crippen LogP contribution in [0.3, 0.4) is 0 Å². The van der Waals surface area contributed by atoms with Gasteiger partial charge in [-0.05, 0) is 43.3 Å². The highest BCUT2D eigenvalue weighted by molar-refractivity contribution is 7.91. The average Bonchev–Trinajstić information content (AvgIpc) is 2.24. The van der Waals surface area contributed by atoms with Crippen LogP contribution in [0.15, 0.2) is 23.1 Å². The lowest BCUT2D eigenvalue weighted by atomic mass is 10.1. The standard InChI is InChI=1S/C16H30N2O2SSi/c1-13-11-14(12-18(5)6)9-10-15(13)21(19,20)17-22(7,8)16(2,3)4/h9-11,17H,12H2,1-8H3. The predicted octanol–water partition coefficient (Wildman–Crippen LogP) is 3.34. The maximum absolute atomic E-state index is 12.8. The second kappa shape index (κ2) is 6.43. The van der Waals surface area contributed by atoms with Crippen LogP contribution in [0.5, 0.6) is 0 Å². The monoisotopic (exact) mass is 342 g/mol. The van der Waals surface area contributed by atoms with E-state index in [0.717, 1.165) is 17.7 Å². The summed E-state index contributed by atoms with van der Waals surface area (Å²) < 4.78 is 28.5. The van der Waals surface area contributed by atoms with Crippen LogP contribution in [0.2, 0.25) is 18.1 Å². The van der Waals surface area contributed by atoms with Gasteiger partial charge in [0.2, 0.25) is 10.0 Å². The Morgan fingerprint density at radius 1 is 1.18 bits per heavy atom. The first-order valence-electron chi connectivity index (χ1n) is 7.54. The molecule has 1 aromatic carbocycles. The highest BCUT2D eigenvalue weighted by atomic mass is 32.2. The lowest BCUT2D eigenvalue weighted by Gasteiger charge is -2.36. The van der Waals surface area contributed by atoms with Gasteiger partial charge in [0.15, 0.2) is 0 Å². The fraction of sp³-hybridized carbons (Fsp3) is 0.625. The van der Waals surface area contributed by atoms with Gasteiger partial charge in [-0.3, -0.25) is 0 Å². The van der Waals surface area contributed by atoms with Crippen molar-refractivity contribution in [1.29, 1.82) is 0 Å². The van der Waals surface area contributed by atoms with E-state index in [0.29, 0.717) is 4.90 Å². The molecule has 0 heterocycles. The Morgan fingerprint density at radius 2 is 1.73 bits per heavy atom. The molecule has 0 saturated carbocycles. The molecule has 0 atom stereocenters. The van der Waals surface area contributed by atoms with Crippen LogP contribution < -0.4 is 4.39 Å². The number of nitrogens with zero attached hydrogens (tertiary/aromatic N) is 1. The Kier molecular flexibility index (Phi) is 5.66. The summed E-state index contributed by atoms with van der Waals surface area (Å²) in [5.74, 6) is 0. The average molecular weight is 343 g/mol. The second-order valence-electron chi connectivity index (χ2n) is 7.82. The van der Waals surface area contributed by atoms with Crippen molar-refractivity contribution in [3.8, 4) is 0 Å². The van der Waals surface area contributed by atoms with Gasteiger partial charge in [-0.25, -0.2) is 12.8 Å². The third-order valence-electron chi connectivity index (χ3n) is 4.29. The first-order chi connectivity index (χ1) is 9.76. The summed E-state index contributed by atoms with van der Waals surface area (Å²) >= 11 is 0. The van der Waals surface area contributed by atoms with E-state index in [-0.39, 0.29) is 5.04 Å². The van der Waals surface area contributed by atoms with E-state index in [1.165, 1.54) is 0 Å². The van der Waals surface area contributed by atoms with Crippen LogP contribution in [-0.2, 0) is 16.6 Å². The van der Waals surface area contributed by atoms with Gasteiger partial charge in [-0.1, -0.05) is 46.0 Å². The van der Waals surface area contributed by atoms with Crippen LogP contribution in [-0.4, -0.2) is 35.6 Å². The normalized spacial score (nSPS) is 13.7. The smallest absolute Gasteiger partial charge is 0.234 e. The van der Waals surface area contributed by atoms with Crippen LogP contribution in [0, 0.1) is 6.92 Å². The van der Waals surface area contributed by atoms with E-state index < -0.39 is 18.3 Å². The molecular weight excluding hydrogens is 312 g/mol. The molecule has 0 aliphatic rings. The minimum atomic E-state index is -3.48. The van der Waals surface area contributed by atoms with Gasteiger partial charge in [0.1, 0.15) is 8.24 Å². The topological polar surface area (TPSA) is 49.4 Å². The van der Waals surface area contributed by atoms with Crippen LogP contribution >= 0.6 is 0 Å². The van der Waals surface area contributed by atoms with E-state index in [1.54, 1.807) is 6.07 Å². The number of hydrogen-bond acceptors (Lipinski definition) is 3. The van der Waals surface area contributed by atoms with E-state index in [9.17, 15) is 8.42 Å². The summed E-state index contributed by atoms with van der Waals surface area (Å²) in [6, 6.07) is 5.58. The van der Waals surface area contributed by atoms with E-state index >= 15 is 0 Å². The number of sulfonamides is 1. The zero-order valence-electron chi connectivity index (χ0n) is 15.1. The number of benzene rings is 1. The molecule has 0 bridgehead atoms. The minimum Gasteiger partial charge on any atom is -0.305 e. The summed E-state index contributed by atoms with van der Waals surface area (Å²) in [4.78, 5) is 2.46. The van der Waals surface area contributed by atoms with Crippen LogP contribution in [0.4, 0.5) is 0 Å². The molecule has 22 heavy (non-hydrogen) atoms. The lowest BCUT2D eigenvalue weighted by molar-refractivity contribution is 0.402. The predicted molar refractivity (Wildman–Crippen MR) is 96.1 cm³/mol. The maximum atomic E-state index is 12.8. The summed E-state index contributed by atoms with van der Waals surface area (Å²) in [5, 5.41) is -0.0428. The van der Waals surface area contributed by atoms with Crippen molar-refractivity contribution in [3.05, 3.63) is 29.3 Å². The van der Waals surface area contributed by atoms with Crippen molar-refractivity contribution in [2.75, 3.05) is 14.1 Å².